The molecule has 0 saturated carbocycles. The number of rotatable bonds is 21. The molecule has 0 bridgehead atoms. The molecule has 0 aromatic heterocycles. The van der Waals surface area contributed by atoms with E-state index in [-0.39, 0.29) is 81.3 Å². The van der Waals surface area contributed by atoms with Crippen LogP contribution in [0.5, 0.6) is 0 Å². The summed E-state index contributed by atoms with van der Waals surface area (Å²) in [5.74, 6) is -3.17. The minimum atomic E-state index is -0.795. The first-order chi connectivity index (χ1) is 29.6. The van der Waals surface area contributed by atoms with Gasteiger partial charge in [0.1, 0.15) is 0 Å². The summed E-state index contributed by atoms with van der Waals surface area (Å²) in [7, 11) is 0. The molecule has 0 radical (unpaired) electrons. The van der Waals surface area contributed by atoms with Gasteiger partial charge in [-0.3, -0.25) is 38.9 Å². The lowest BCUT2D eigenvalue weighted by Crippen LogP contribution is -2.62. The van der Waals surface area contributed by atoms with Crippen LogP contribution in [-0.2, 0) is 24.0 Å². The van der Waals surface area contributed by atoms with Crippen LogP contribution < -0.4 is 45.0 Å². The van der Waals surface area contributed by atoms with Crippen molar-refractivity contribution in [2.75, 3.05) is 19.6 Å². The molecular weight excluding hydrogens is 815 g/mol. The molecular formula is C47H77N11O6. The number of primary amides is 4. The van der Waals surface area contributed by atoms with E-state index in [1.165, 1.54) is 0 Å². The van der Waals surface area contributed by atoms with Gasteiger partial charge in [0.25, 0.3) is 0 Å². The molecule has 10 atom stereocenters. The van der Waals surface area contributed by atoms with E-state index in [1.54, 1.807) is 13.1 Å². The van der Waals surface area contributed by atoms with Crippen molar-refractivity contribution in [1.82, 2.24) is 10.6 Å². The minimum Gasteiger partial charge on any atom is -0.392 e. The molecule has 0 spiro atoms. The number of carbonyl (C=O) groups is 5. The second kappa shape index (κ2) is 19.8. The zero-order valence-electron chi connectivity index (χ0n) is 39.9. The number of hydrogen-bond donors (Lipinski definition) is 9. The standard InChI is InChI=1S/C47H77N11O6/c1-25(2)39-30(13-16-36(52)62)46(9,23-49)47(10,58-39)42-31(21-48)45(8,18-17-38(64)54-22-26(3)59)41(57-42)27(4)40-29(12-15-35(51)61)43(5,6)33(56-40)19-32-28(11-14-34(50)60)44(7,24-55-32)20-37(53)63/h19,24,26,28-31,42,58-59H,11-18,20-23,48-49H2,1-10H3,(H2,50,60)(H2,51,61)(H2,52,62)(H2,53,63)(H,54,64)/b32-19-,40-27-. The quantitative estimate of drug-likeness (QED) is 0.0817. The van der Waals surface area contributed by atoms with E-state index in [2.05, 4.69) is 45.3 Å². The Morgan fingerprint density at radius 2 is 1.41 bits per heavy atom. The third-order valence-electron chi connectivity index (χ3n) is 15.4. The number of amides is 5. The van der Waals surface area contributed by atoms with Gasteiger partial charge in [-0.2, -0.15) is 0 Å². The monoisotopic (exact) mass is 892 g/mol. The second-order valence-electron chi connectivity index (χ2n) is 20.6. The molecule has 0 aromatic rings. The van der Waals surface area contributed by atoms with Crippen molar-refractivity contribution in [1.29, 1.82) is 0 Å². The van der Waals surface area contributed by atoms with Crippen LogP contribution in [-0.4, -0.2) is 89.6 Å². The fourth-order valence-corrected chi connectivity index (χ4v) is 11.2. The highest BCUT2D eigenvalue weighted by Crippen LogP contribution is 2.59. The normalized spacial score (nSPS) is 33.7. The zero-order valence-corrected chi connectivity index (χ0v) is 39.9. The Morgan fingerprint density at radius 3 is 1.91 bits per heavy atom. The number of nitrogens with two attached hydrogens (primary N) is 6. The third-order valence-corrected chi connectivity index (χ3v) is 15.4. The number of allylic oxidation sites excluding steroid dienone is 6. The number of aliphatic hydroxyl groups excluding tert-OH is 1. The van der Waals surface area contributed by atoms with Crippen LogP contribution in [0.4, 0.5) is 0 Å². The molecule has 4 aliphatic rings. The number of aliphatic imine (C=N–C) groups is 3. The van der Waals surface area contributed by atoms with Crippen molar-refractivity contribution < 1.29 is 29.1 Å². The summed E-state index contributed by atoms with van der Waals surface area (Å²) in [6.07, 6.45) is 5.00. The minimum absolute atomic E-state index is 0.0234. The van der Waals surface area contributed by atoms with Crippen molar-refractivity contribution >= 4 is 47.2 Å². The highest BCUT2D eigenvalue weighted by Gasteiger charge is 2.65. The van der Waals surface area contributed by atoms with Crippen LogP contribution in [0.2, 0.25) is 0 Å². The highest BCUT2D eigenvalue weighted by molar-refractivity contribution is 6.09. The summed E-state index contributed by atoms with van der Waals surface area (Å²) >= 11 is 0. The van der Waals surface area contributed by atoms with Crippen molar-refractivity contribution in [3.8, 4) is 0 Å². The Hall–Kier alpha value is -4.74. The fourth-order valence-electron chi connectivity index (χ4n) is 11.2. The number of carbonyl (C=O) groups excluding carboxylic acids is 5. The number of aliphatic hydroxyl groups is 1. The number of hydrogen-bond acceptors (Lipinski definition) is 12. The van der Waals surface area contributed by atoms with Gasteiger partial charge >= 0.3 is 0 Å². The van der Waals surface area contributed by atoms with Gasteiger partial charge < -0.3 is 50.1 Å². The van der Waals surface area contributed by atoms with Crippen molar-refractivity contribution in [2.45, 2.75) is 145 Å². The van der Waals surface area contributed by atoms with Crippen molar-refractivity contribution in [2.24, 2.45) is 94.7 Å². The van der Waals surface area contributed by atoms with Gasteiger partial charge in [0, 0.05) is 125 Å². The lowest BCUT2D eigenvalue weighted by molar-refractivity contribution is -0.122. The van der Waals surface area contributed by atoms with E-state index >= 15 is 0 Å². The van der Waals surface area contributed by atoms with Gasteiger partial charge in [-0.25, -0.2) is 0 Å². The van der Waals surface area contributed by atoms with E-state index in [1.807, 2.05) is 33.8 Å². The second-order valence-corrected chi connectivity index (χ2v) is 20.6. The molecule has 5 amide bonds. The molecule has 17 heteroatoms. The Morgan fingerprint density at radius 1 is 0.844 bits per heavy atom. The largest absolute Gasteiger partial charge is 0.392 e. The van der Waals surface area contributed by atoms with E-state index in [9.17, 15) is 29.1 Å². The Balaban J connectivity index is 2.01. The van der Waals surface area contributed by atoms with Gasteiger partial charge in [-0.15, -0.1) is 0 Å². The summed E-state index contributed by atoms with van der Waals surface area (Å²) in [5.41, 5.74) is 38.4. The summed E-state index contributed by atoms with van der Waals surface area (Å²) in [6, 6.07) is -0.471. The van der Waals surface area contributed by atoms with Crippen LogP contribution in [0.3, 0.4) is 0 Å². The summed E-state index contributed by atoms with van der Waals surface area (Å²) in [4.78, 5) is 78.2. The third kappa shape index (κ3) is 10.2. The van der Waals surface area contributed by atoms with Crippen LogP contribution >= 0.6 is 0 Å². The molecule has 1 saturated heterocycles. The van der Waals surface area contributed by atoms with Gasteiger partial charge in [-0.05, 0) is 78.5 Å². The van der Waals surface area contributed by atoms with Crippen molar-refractivity contribution in [3.05, 3.63) is 34.3 Å². The predicted molar refractivity (Wildman–Crippen MR) is 251 cm³/mol. The summed E-state index contributed by atoms with van der Waals surface area (Å²) in [6.45, 7) is 20.6. The number of nitrogens with one attached hydrogen (secondary N) is 2. The molecule has 356 valence electrons. The molecule has 0 aliphatic carbocycles. The lowest BCUT2D eigenvalue weighted by Gasteiger charge is -2.48. The first-order valence-electron chi connectivity index (χ1n) is 22.7. The molecule has 4 heterocycles. The number of nitrogens with zero attached hydrogens (tertiary/aromatic N) is 3. The maximum absolute atomic E-state index is 13.4. The molecule has 1 fully saturated rings. The zero-order chi connectivity index (χ0) is 48.3. The topological polar surface area (TPSA) is 323 Å². The van der Waals surface area contributed by atoms with E-state index in [0.717, 1.165) is 22.6 Å². The predicted octanol–water partition coefficient (Wildman–Crippen LogP) is 2.54. The Bertz CT molecular complexity index is 2050. The SMILES string of the molecule is CC(C)=C1NC(C)(C2N=C(/C(C)=C3N=C(/C=C4\N=CC(C)(CC(N)=O)C4CCC(N)=O)C(C)(C)C\3CCC(N)=O)C(C)(CCC(=O)NCC(C)O)C2CN)C(C)(CN)C1CCC(N)=O. The maximum Gasteiger partial charge on any atom is 0.220 e. The average Bonchev–Trinajstić information content (AvgIpc) is 3.83. The van der Waals surface area contributed by atoms with E-state index < -0.39 is 63.0 Å². The van der Waals surface area contributed by atoms with Gasteiger partial charge in [0.2, 0.25) is 29.5 Å². The van der Waals surface area contributed by atoms with Crippen molar-refractivity contribution in [3.63, 3.8) is 0 Å². The van der Waals surface area contributed by atoms with Crippen LogP contribution in [0.15, 0.2) is 49.3 Å². The summed E-state index contributed by atoms with van der Waals surface area (Å²) in [5, 5.41) is 16.7. The molecule has 0 aromatic carbocycles. The summed E-state index contributed by atoms with van der Waals surface area (Å²) < 4.78 is 0. The molecule has 4 rings (SSSR count). The molecule has 10 unspecified atom stereocenters. The van der Waals surface area contributed by atoms with Gasteiger partial charge in [0.15, 0.2) is 0 Å². The Kier molecular flexibility index (Phi) is 16.0. The van der Waals surface area contributed by atoms with E-state index in [4.69, 9.17) is 49.4 Å². The smallest absolute Gasteiger partial charge is 0.220 e. The molecule has 17 nitrogen and oxygen atoms in total. The molecule has 64 heavy (non-hydrogen) atoms. The van der Waals surface area contributed by atoms with Crippen LogP contribution in [0, 0.1) is 45.3 Å². The molecule has 4 aliphatic heterocycles. The Labute approximate surface area is 379 Å². The van der Waals surface area contributed by atoms with E-state index in [0.29, 0.717) is 42.8 Å². The van der Waals surface area contributed by atoms with Gasteiger partial charge in [0.05, 0.1) is 17.7 Å². The van der Waals surface area contributed by atoms with Crippen LogP contribution in [0.1, 0.15) is 127 Å². The lowest BCUT2D eigenvalue weighted by atomic mass is 9.58. The van der Waals surface area contributed by atoms with Gasteiger partial charge in [-0.1, -0.05) is 40.2 Å². The first-order valence-corrected chi connectivity index (χ1v) is 22.7. The van der Waals surface area contributed by atoms with Crippen LogP contribution in [0.25, 0.3) is 0 Å². The fraction of sp³-hybridized carbons (Fsp3) is 0.702. The highest BCUT2D eigenvalue weighted by atomic mass is 16.3. The maximum atomic E-state index is 13.4. The molecule has 15 N–H and O–H groups in total. The average molecular weight is 892 g/mol. The first kappa shape index (κ1) is 51.9.